The van der Waals surface area contributed by atoms with E-state index in [1.165, 1.54) is 45.1 Å². The van der Waals surface area contributed by atoms with Crippen molar-refractivity contribution < 1.29 is 0 Å². The first-order valence-corrected chi connectivity index (χ1v) is 8.21. The molecule has 5 rings (SSSR count). The predicted molar refractivity (Wildman–Crippen MR) is 81.5 cm³/mol. The third-order valence-electron chi connectivity index (χ3n) is 6.06. The SMILES string of the molecule is CCN(CC12CC3CC(CC(C3)C1)C2)c1cn[nH]c1N. The van der Waals surface area contributed by atoms with Crippen LogP contribution in [-0.4, -0.2) is 23.3 Å². The summed E-state index contributed by atoms with van der Waals surface area (Å²) in [5, 5.41) is 6.97. The molecule has 0 radical (unpaired) electrons. The highest BCUT2D eigenvalue weighted by Gasteiger charge is 2.51. The summed E-state index contributed by atoms with van der Waals surface area (Å²) in [5.74, 6) is 3.77. The fourth-order valence-electron chi connectivity index (χ4n) is 5.80. The molecule has 0 unspecified atom stereocenters. The van der Waals surface area contributed by atoms with E-state index in [0.717, 1.165) is 35.8 Å². The van der Waals surface area contributed by atoms with Crippen LogP contribution in [0.5, 0.6) is 0 Å². The summed E-state index contributed by atoms with van der Waals surface area (Å²) in [7, 11) is 0. The minimum atomic E-state index is 0.564. The molecule has 0 spiro atoms. The lowest BCUT2D eigenvalue weighted by Crippen LogP contribution is -2.51. The fraction of sp³-hybridized carbons (Fsp3) is 0.812. The zero-order valence-corrected chi connectivity index (χ0v) is 12.4. The molecule has 4 fully saturated rings. The number of nitrogens with one attached hydrogen (secondary N) is 1. The number of H-pyrrole nitrogens is 1. The lowest BCUT2D eigenvalue weighted by atomic mass is 9.49. The van der Waals surface area contributed by atoms with E-state index in [-0.39, 0.29) is 0 Å². The van der Waals surface area contributed by atoms with Crippen LogP contribution >= 0.6 is 0 Å². The van der Waals surface area contributed by atoms with Gasteiger partial charge < -0.3 is 10.6 Å². The highest BCUT2D eigenvalue weighted by molar-refractivity contribution is 5.62. The van der Waals surface area contributed by atoms with Gasteiger partial charge >= 0.3 is 0 Å². The fourth-order valence-corrected chi connectivity index (χ4v) is 5.80. The molecule has 1 aromatic heterocycles. The van der Waals surface area contributed by atoms with Crippen LogP contribution in [0, 0.1) is 23.2 Å². The van der Waals surface area contributed by atoms with Crippen molar-refractivity contribution in [2.24, 2.45) is 23.2 Å². The Balaban J connectivity index is 1.57. The van der Waals surface area contributed by atoms with Crippen LogP contribution < -0.4 is 10.6 Å². The maximum atomic E-state index is 6.02. The van der Waals surface area contributed by atoms with Gasteiger partial charge in [-0.15, -0.1) is 0 Å². The maximum absolute atomic E-state index is 6.02. The summed E-state index contributed by atoms with van der Waals surface area (Å²) in [6.45, 7) is 4.43. The van der Waals surface area contributed by atoms with E-state index < -0.39 is 0 Å². The third kappa shape index (κ3) is 1.92. The standard InChI is InChI=1S/C16H26N4/c1-2-20(14-9-18-19-15(14)17)10-16-6-11-3-12(7-16)5-13(4-11)8-16/h9,11-13H,2-8,10H2,1H3,(H3,17,18,19). The second-order valence-corrected chi connectivity index (χ2v) is 7.60. The third-order valence-corrected chi connectivity index (χ3v) is 6.06. The number of nitrogens with zero attached hydrogens (tertiary/aromatic N) is 2. The van der Waals surface area contributed by atoms with Crippen molar-refractivity contribution in [1.29, 1.82) is 0 Å². The second-order valence-electron chi connectivity index (χ2n) is 7.60. The predicted octanol–water partition coefficient (Wildman–Crippen LogP) is 3.03. The monoisotopic (exact) mass is 274 g/mol. The van der Waals surface area contributed by atoms with Gasteiger partial charge in [0.15, 0.2) is 0 Å². The first kappa shape index (κ1) is 12.5. The van der Waals surface area contributed by atoms with Crippen LogP contribution in [-0.2, 0) is 0 Å². The van der Waals surface area contributed by atoms with E-state index in [2.05, 4.69) is 22.0 Å². The first-order chi connectivity index (χ1) is 9.67. The van der Waals surface area contributed by atoms with Gasteiger partial charge in [-0.3, -0.25) is 5.10 Å². The normalized spacial score (nSPS) is 38.4. The number of hydrogen-bond donors (Lipinski definition) is 2. The second kappa shape index (κ2) is 4.40. The Bertz CT molecular complexity index is 457. The minimum absolute atomic E-state index is 0.564. The minimum Gasteiger partial charge on any atom is -0.382 e. The lowest BCUT2D eigenvalue weighted by molar-refractivity contribution is -0.0476. The molecule has 0 amide bonds. The zero-order valence-electron chi connectivity index (χ0n) is 12.4. The van der Waals surface area contributed by atoms with Gasteiger partial charge in [-0.2, -0.15) is 5.10 Å². The highest BCUT2D eigenvalue weighted by Crippen LogP contribution is 2.60. The van der Waals surface area contributed by atoms with E-state index >= 15 is 0 Å². The van der Waals surface area contributed by atoms with Gasteiger partial charge in [0.2, 0.25) is 0 Å². The van der Waals surface area contributed by atoms with E-state index in [0.29, 0.717) is 5.41 Å². The Labute approximate surface area is 121 Å². The number of rotatable bonds is 4. The molecule has 3 N–H and O–H groups in total. The van der Waals surface area contributed by atoms with Crippen molar-refractivity contribution in [3.8, 4) is 0 Å². The maximum Gasteiger partial charge on any atom is 0.142 e. The quantitative estimate of drug-likeness (QED) is 0.887. The molecule has 0 atom stereocenters. The van der Waals surface area contributed by atoms with Gasteiger partial charge in [0, 0.05) is 13.1 Å². The number of anilines is 2. The average Bonchev–Trinajstić information content (AvgIpc) is 2.80. The molecule has 1 heterocycles. The van der Waals surface area contributed by atoms with Crippen LogP contribution in [0.3, 0.4) is 0 Å². The summed E-state index contributed by atoms with van der Waals surface area (Å²) in [6, 6.07) is 0. The molecule has 4 aliphatic rings. The molecule has 20 heavy (non-hydrogen) atoms. The Morgan fingerprint density at radius 3 is 2.30 bits per heavy atom. The Morgan fingerprint density at radius 2 is 1.85 bits per heavy atom. The van der Waals surface area contributed by atoms with Crippen molar-refractivity contribution >= 4 is 11.5 Å². The molecule has 0 saturated heterocycles. The van der Waals surface area contributed by atoms with E-state index in [1.807, 2.05) is 6.20 Å². The number of aromatic nitrogens is 2. The smallest absolute Gasteiger partial charge is 0.142 e. The van der Waals surface area contributed by atoms with Crippen LogP contribution in [0.4, 0.5) is 11.5 Å². The molecule has 4 aliphatic carbocycles. The van der Waals surface area contributed by atoms with Gasteiger partial charge in [-0.25, -0.2) is 0 Å². The number of nitrogen functional groups attached to an aromatic ring is 1. The molecule has 110 valence electrons. The Hall–Kier alpha value is -1.19. The van der Waals surface area contributed by atoms with Gasteiger partial charge in [0.05, 0.1) is 11.9 Å². The van der Waals surface area contributed by atoms with E-state index in [4.69, 9.17) is 5.73 Å². The van der Waals surface area contributed by atoms with Crippen molar-refractivity contribution in [3.63, 3.8) is 0 Å². The topological polar surface area (TPSA) is 57.9 Å². The van der Waals surface area contributed by atoms with Crippen molar-refractivity contribution in [2.45, 2.75) is 45.4 Å². The zero-order chi connectivity index (χ0) is 13.7. The molecular formula is C16H26N4. The highest BCUT2D eigenvalue weighted by atomic mass is 15.2. The lowest BCUT2D eigenvalue weighted by Gasteiger charge is -2.58. The van der Waals surface area contributed by atoms with E-state index in [1.54, 1.807) is 0 Å². The van der Waals surface area contributed by atoms with Crippen molar-refractivity contribution in [3.05, 3.63) is 6.20 Å². The molecule has 0 aromatic carbocycles. The largest absolute Gasteiger partial charge is 0.382 e. The van der Waals surface area contributed by atoms with Crippen LogP contribution in [0.15, 0.2) is 6.20 Å². The summed E-state index contributed by atoms with van der Waals surface area (Å²) in [4.78, 5) is 2.45. The van der Waals surface area contributed by atoms with Crippen molar-refractivity contribution in [1.82, 2.24) is 10.2 Å². The van der Waals surface area contributed by atoms with Gasteiger partial charge in [0.1, 0.15) is 5.82 Å². The summed E-state index contributed by atoms with van der Waals surface area (Å²) < 4.78 is 0. The summed E-state index contributed by atoms with van der Waals surface area (Å²) in [5.41, 5.74) is 7.69. The molecule has 1 aromatic rings. The Morgan fingerprint density at radius 1 is 1.25 bits per heavy atom. The molecular weight excluding hydrogens is 248 g/mol. The number of nitrogens with two attached hydrogens (primary N) is 1. The van der Waals surface area contributed by atoms with Crippen LogP contribution in [0.1, 0.15) is 45.4 Å². The van der Waals surface area contributed by atoms with Gasteiger partial charge in [-0.05, 0) is 68.6 Å². The molecule has 4 saturated carbocycles. The van der Waals surface area contributed by atoms with Gasteiger partial charge in [-0.1, -0.05) is 0 Å². The van der Waals surface area contributed by atoms with Crippen molar-refractivity contribution in [2.75, 3.05) is 23.7 Å². The first-order valence-electron chi connectivity index (χ1n) is 8.21. The summed E-state index contributed by atoms with van der Waals surface area (Å²) in [6.07, 6.45) is 10.8. The Kier molecular flexibility index (Phi) is 2.76. The molecule has 4 bridgehead atoms. The average molecular weight is 274 g/mol. The van der Waals surface area contributed by atoms with Gasteiger partial charge in [0.25, 0.3) is 0 Å². The van der Waals surface area contributed by atoms with E-state index in [9.17, 15) is 0 Å². The summed E-state index contributed by atoms with van der Waals surface area (Å²) >= 11 is 0. The van der Waals surface area contributed by atoms with Crippen LogP contribution in [0.25, 0.3) is 0 Å². The molecule has 4 nitrogen and oxygen atoms in total. The molecule has 0 aliphatic heterocycles. The number of hydrogen-bond acceptors (Lipinski definition) is 3. The molecule has 4 heteroatoms. The number of aromatic amines is 1. The van der Waals surface area contributed by atoms with Crippen LogP contribution in [0.2, 0.25) is 0 Å².